The molecular weight excluding hydrogens is 669 g/mol. The molecule has 0 aliphatic heterocycles. The Labute approximate surface area is 319 Å². The highest BCUT2D eigenvalue weighted by Crippen LogP contribution is 2.60. The molecule has 2 aromatic heterocycles. The third-order valence-corrected chi connectivity index (χ3v) is 11.3. The Morgan fingerprint density at radius 3 is 1.80 bits per heavy atom. The maximum Gasteiger partial charge on any atom is 0.164 e. The Hall–Kier alpha value is -7.30. The maximum atomic E-state index is 5.21. The highest BCUT2D eigenvalue weighted by molar-refractivity contribution is 6.05. The Balaban J connectivity index is 1.16. The van der Waals surface area contributed by atoms with Crippen molar-refractivity contribution >= 4 is 22.9 Å². The van der Waals surface area contributed by atoms with Gasteiger partial charge in [-0.15, -0.1) is 0 Å². The van der Waals surface area contributed by atoms with Crippen LogP contribution in [0.15, 0.2) is 182 Å². The summed E-state index contributed by atoms with van der Waals surface area (Å²) in [4.78, 5) is 19.7. The predicted octanol–water partition coefficient (Wildman–Crippen LogP) is 11.9. The van der Waals surface area contributed by atoms with Crippen molar-refractivity contribution in [2.45, 2.75) is 5.41 Å². The SMILES string of the molecule is C1=Cc2ccc(-c3nc(-c4ccccc4)nc(-c4ccc(-c5cccnc5)cc4)n3)cc2C2(c3ccccc31)c1ccccc1-c1c2ccc2ccccc12. The lowest BCUT2D eigenvalue weighted by molar-refractivity contribution is 0.767. The molecule has 256 valence electrons. The van der Waals surface area contributed by atoms with Gasteiger partial charge in [-0.2, -0.15) is 0 Å². The summed E-state index contributed by atoms with van der Waals surface area (Å²) < 4.78 is 0. The molecule has 55 heavy (non-hydrogen) atoms. The van der Waals surface area contributed by atoms with Crippen LogP contribution in [0.2, 0.25) is 0 Å². The highest BCUT2D eigenvalue weighted by atomic mass is 15.0. The van der Waals surface area contributed by atoms with E-state index in [1.165, 1.54) is 55.3 Å². The highest BCUT2D eigenvalue weighted by Gasteiger charge is 2.49. The first kappa shape index (κ1) is 31.2. The quantitative estimate of drug-likeness (QED) is 0.183. The van der Waals surface area contributed by atoms with E-state index in [1.807, 2.05) is 30.5 Å². The fourth-order valence-corrected chi connectivity index (χ4v) is 8.80. The van der Waals surface area contributed by atoms with Gasteiger partial charge in [-0.05, 0) is 78.5 Å². The van der Waals surface area contributed by atoms with Gasteiger partial charge in [0.25, 0.3) is 0 Å². The lowest BCUT2D eigenvalue weighted by Gasteiger charge is -2.35. The smallest absolute Gasteiger partial charge is 0.164 e. The van der Waals surface area contributed by atoms with Crippen LogP contribution < -0.4 is 0 Å². The van der Waals surface area contributed by atoms with Gasteiger partial charge >= 0.3 is 0 Å². The number of hydrogen-bond acceptors (Lipinski definition) is 4. The van der Waals surface area contributed by atoms with Gasteiger partial charge in [0, 0.05) is 29.1 Å². The predicted molar refractivity (Wildman–Crippen MR) is 223 cm³/mol. The minimum atomic E-state index is -0.582. The van der Waals surface area contributed by atoms with Crippen LogP contribution in [-0.4, -0.2) is 19.9 Å². The van der Waals surface area contributed by atoms with E-state index in [-0.39, 0.29) is 0 Å². The van der Waals surface area contributed by atoms with Gasteiger partial charge in [0.15, 0.2) is 17.5 Å². The van der Waals surface area contributed by atoms with E-state index >= 15 is 0 Å². The van der Waals surface area contributed by atoms with Crippen LogP contribution in [0, 0.1) is 0 Å². The first-order chi connectivity index (χ1) is 27.3. The van der Waals surface area contributed by atoms with Crippen LogP contribution in [0.4, 0.5) is 0 Å². The third-order valence-electron chi connectivity index (χ3n) is 11.3. The van der Waals surface area contributed by atoms with Crippen LogP contribution in [-0.2, 0) is 5.41 Å². The first-order valence-electron chi connectivity index (χ1n) is 18.6. The summed E-state index contributed by atoms with van der Waals surface area (Å²) in [6.45, 7) is 0. The largest absolute Gasteiger partial charge is 0.264 e. The Morgan fingerprint density at radius 2 is 1.00 bits per heavy atom. The number of nitrogens with zero attached hydrogens (tertiary/aromatic N) is 4. The Morgan fingerprint density at radius 1 is 0.382 bits per heavy atom. The molecule has 2 aliphatic rings. The molecule has 0 amide bonds. The summed E-state index contributed by atoms with van der Waals surface area (Å²) in [6, 6.07) is 60.6. The van der Waals surface area contributed by atoms with E-state index in [1.54, 1.807) is 6.20 Å². The summed E-state index contributed by atoms with van der Waals surface area (Å²) in [5.41, 5.74) is 14.3. The second-order valence-corrected chi connectivity index (χ2v) is 14.2. The number of benzene rings is 7. The van der Waals surface area contributed by atoms with Gasteiger partial charge in [-0.1, -0.05) is 170 Å². The molecule has 0 saturated carbocycles. The lowest BCUT2D eigenvalue weighted by Crippen LogP contribution is -2.30. The molecule has 0 N–H and O–H groups in total. The fourth-order valence-electron chi connectivity index (χ4n) is 8.80. The monoisotopic (exact) mass is 700 g/mol. The van der Waals surface area contributed by atoms with Crippen molar-refractivity contribution in [3.63, 3.8) is 0 Å². The fraction of sp³-hybridized carbons (Fsp3) is 0.0196. The third kappa shape index (κ3) is 4.85. The molecule has 0 bridgehead atoms. The minimum Gasteiger partial charge on any atom is -0.264 e. The second kappa shape index (κ2) is 12.4. The van der Waals surface area contributed by atoms with Gasteiger partial charge in [-0.25, -0.2) is 15.0 Å². The van der Waals surface area contributed by atoms with Crippen LogP contribution in [0.3, 0.4) is 0 Å². The van der Waals surface area contributed by atoms with E-state index < -0.39 is 5.41 Å². The molecule has 0 saturated heterocycles. The molecular formula is C51H32N4. The van der Waals surface area contributed by atoms with Crippen molar-refractivity contribution in [2.75, 3.05) is 0 Å². The molecule has 9 aromatic rings. The van der Waals surface area contributed by atoms with Gasteiger partial charge in [0.05, 0.1) is 5.41 Å². The molecule has 1 unspecified atom stereocenters. The maximum absolute atomic E-state index is 5.21. The number of fused-ring (bicyclic) bond motifs is 11. The zero-order valence-electron chi connectivity index (χ0n) is 29.8. The van der Waals surface area contributed by atoms with Crippen LogP contribution in [0.5, 0.6) is 0 Å². The second-order valence-electron chi connectivity index (χ2n) is 14.2. The van der Waals surface area contributed by atoms with Crippen LogP contribution in [0.25, 0.3) is 79.3 Å². The molecule has 11 rings (SSSR count). The van der Waals surface area contributed by atoms with Gasteiger partial charge < -0.3 is 0 Å². The average Bonchev–Trinajstić information content (AvgIpc) is 3.48. The molecule has 2 aliphatic carbocycles. The molecule has 7 aromatic carbocycles. The van der Waals surface area contributed by atoms with Crippen molar-refractivity contribution in [2.24, 2.45) is 0 Å². The summed E-state index contributed by atoms with van der Waals surface area (Å²) >= 11 is 0. The molecule has 1 spiro atoms. The summed E-state index contributed by atoms with van der Waals surface area (Å²) in [6.07, 6.45) is 8.22. The van der Waals surface area contributed by atoms with Crippen molar-refractivity contribution in [1.82, 2.24) is 19.9 Å². The summed E-state index contributed by atoms with van der Waals surface area (Å²) in [5, 5.41) is 2.50. The van der Waals surface area contributed by atoms with Gasteiger partial charge in [-0.3, -0.25) is 4.98 Å². The van der Waals surface area contributed by atoms with Crippen molar-refractivity contribution in [1.29, 1.82) is 0 Å². The van der Waals surface area contributed by atoms with E-state index in [2.05, 4.69) is 163 Å². The zero-order valence-corrected chi connectivity index (χ0v) is 29.8. The van der Waals surface area contributed by atoms with E-state index in [9.17, 15) is 0 Å². The van der Waals surface area contributed by atoms with E-state index in [0.717, 1.165) is 27.8 Å². The minimum absolute atomic E-state index is 0.582. The molecule has 0 radical (unpaired) electrons. The van der Waals surface area contributed by atoms with Crippen molar-refractivity contribution in [3.05, 3.63) is 216 Å². The van der Waals surface area contributed by atoms with Crippen molar-refractivity contribution < 1.29 is 0 Å². The first-order valence-corrected chi connectivity index (χ1v) is 18.6. The molecule has 4 nitrogen and oxygen atoms in total. The molecule has 4 heteroatoms. The van der Waals surface area contributed by atoms with Crippen LogP contribution >= 0.6 is 0 Å². The van der Waals surface area contributed by atoms with Crippen LogP contribution in [0.1, 0.15) is 33.4 Å². The Kier molecular flexibility index (Phi) is 7.04. The lowest BCUT2D eigenvalue weighted by atomic mass is 9.65. The van der Waals surface area contributed by atoms with E-state index in [0.29, 0.717) is 17.5 Å². The average molecular weight is 701 g/mol. The van der Waals surface area contributed by atoms with Gasteiger partial charge in [0.2, 0.25) is 0 Å². The summed E-state index contributed by atoms with van der Waals surface area (Å²) in [5.74, 6) is 1.89. The number of aromatic nitrogens is 4. The number of hydrogen-bond donors (Lipinski definition) is 0. The normalized spacial score (nSPS) is 14.9. The summed E-state index contributed by atoms with van der Waals surface area (Å²) in [7, 11) is 0. The Bertz CT molecular complexity index is 2970. The van der Waals surface area contributed by atoms with Gasteiger partial charge in [0.1, 0.15) is 0 Å². The topological polar surface area (TPSA) is 51.6 Å². The molecule has 1 atom stereocenters. The van der Waals surface area contributed by atoms with Crippen molar-refractivity contribution in [3.8, 4) is 56.4 Å². The zero-order chi connectivity index (χ0) is 36.3. The number of rotatable bonds is 4. The standard InChI is InChI=1S/C51H32N4/c1-2-13-37(14-3-1)48-53-49(38-25-20-33(21-26-38)40-15-10-30-52-32-40)55-50(54-48)39-27-24-36-23-22-35-12-5-8-18-43(35)51(46(36)31-39)44-19-9-7-17-42(44)47-41-16-6-4-11-34(41)28-29-45(47)51/h1-32H. The number of pyridine rings is 1. The molecule has 2 heterocycles. The molecule has 0 fully saturated rings. The van der Waals surface area contributed by atoms with E-state index in [4.69, 9.17) is 15.0 Å².